The zero-order valence-corrected chi connectivity index (χ0v) is 11.2. The van der Waals surface area contributed by atoms with E-state index in [0.29, 0.717) is 12.8 Å². The minimum absolute atomic E-state index is 0.104. The Kier molecular flexibility index (Phi) is 3.12. The van der Waals surface area contributed by atoms with Gasteiger partial charge in [-0.25, -0.2) is 4.79 Å². The number of carboxylic acid groups (broad SMARTS) is 1. The number of hydrogen-bond donors (Lipinski definition) is 3. The second kappa shape index (κ2) is 4.81. The van der Waals surface area contributed by atoms with Gasteiger partial charge in [-0.05, 0) is 36.8 Å². The van der Waals surface area contributed by atoms with Crippen molar-refractivity contribution in [3.8, 4) is 0 Å². The summed E-state index contributed by atoms with van der Waals surface area (Å²) in [6.07, 6.45) is 2.98. The molecular formula is C15H18N2O3. The minimum Gasteiger partial charge on any atom is -0.481 e. The number of aliphatic carboxylic acids is 1. The van der Waals surface area contributed by atoms with Crippen LogP contribution in [0, 0.1) is 5.41 Å². The van der Waals surface area contributed by atoms with Gasteiger partial charge in [-0.2, -0.15) is 0 Å². The average molecular weight is 274 g/mol. The van der Waals surface area contributed by atoms with Crippen LogP contribution in [0.25, 0.3) is 0 Å². The van der Waals surface area contributed by atoms with E-state index in [2.05, 4.69) is 22.8 Å². The molecule has 0 aromatic heterocycles. The molecule has 2 aliphatic carbocycles. The van der Waals surface area contributed by atoms with E-state index in [4.69, 9.17) is 5.11 Å². The zero-order chi connectivity index (χ0) is 14.2. The lowest BCUT2D eigenvalue weighted by Gasteiger charge is -2.15. The van der Waals surface area contributed by atoms with Crippen LogP contribution >= 0.6 is 0 Å². The molecule has 1 aromatic rings. The van der Waals surface area contributed by atoms with Gasteiger partial charge in [0.2, 0.25) is 0 Å². The summed E-state index contributed by atoms with van der Waals surface area (Å²) < 4.78 is 0. The SMILES string of the molecule is O=C(NCC1(C(=O)O)CC1)NC1Cc2ccccc2C1. The lowest BCUT2D eigenvalue weighted by atomic mass is 10.1. The number of benzene rings is 1. The Bertz CT molecular complexity index is 527. The van der Waals surface area contributed by atoms with E-state index >= 15 is 0 Å². The number of carbonyl (C=O) groups is 2. The first kappa shape index (κ1) is 13.0. The fourth-order valence-electron chi connectivity index (χ4n) is 2.76. The van der Waals surface area contributed by atoms with Crippen LogP contribution in [0.5, 0.6) is 0 Å². The maximum atomic E-state index is 11.8. The summed E-state index contributed by atoms with van der Waals surface area (Å²) in [5.41, 5.74) is 1.85. The fraction of sp³-hybridized carbons (Fsp3) is 0.467. The van der Waals surface area contributed by atoms with Gasteiger partial charge in [0.15, 0.2) is 0 Å². The summed E-state index contributed by atoms with van der Waals surface area (Å²) in [6.45, 7) is 0.216. The van der Waals surface area contributed by atoms with Crippen molar-refractivity contribution in [2.45, 2.75) is 31.7 Å². The van der Waals surface area contributed by atoms with Crippen LogP contribution in [0.1, 0.15) is 24.0 Å². The number of carboxylic acids is 1. The summed E-state index contributed by atoms with van der Waals surface area (Å²) in [5, 5.41) is 14.7. The summed E-state index contributed by atoms with van der Waals surface area (Å²) in [7, 11) is 0. The van der Waals surface area contributed by atoms with Crippen LogP contribution in [0.2, 0.25) is 0 Å². The van der Waals surface area contributed by atoms with Crippen LogP contribution in [-0.4, -0.2) is 29.7 Å². The molecule has 1 saturated carbocycles. The van der Waals surface area contributed by atoms with Crippen LogP contribution in [-0.2, 0) is 17.6 Å². The van der Waals surface area contributed by atoms with Gasteiger partial charge >= 0.3 is 12.0 Å². The Morgan fingerprint density at radius 2 is 1.80 bits per heavy atom. The molecule has 0 bridgehead atoms. The highest BCUT2D eigenvalue weighted by atomic mass is 16.4. The van der Waals surface area contributed by atoms with Gasteiger partial charge in [0.25, 0.3) is 0 Å². The molecule has 0 atom stereocenters. The zero-order valence-electron chi connectivity index (χ0n) is 11.2. The van der Waals surface area contributed by atoms with Crippen molar-refractivity contribution in [1.29, 1.82) is 0 Å². The first-order chi connectivity index (χ1) is 9.59. The summed E-state index contributed by atoms with van der Waals surface area (Å²) in [6, 6.07) is 8.01. The Hall–Kier alpha value is -2.04. The van der Waals surface area contributed by atoms with Gasteiger partial charge in [-0.1, -0.05) is 24.3 Å². The molecule has 1 aromatic carbocycles. The highest BCUT2D eigenvalue weighted by Crippen LogP contribution is 2.45. The molecule has 3 N–H and O–H groups in total. The van der Waals surface area contributed by atoms with E-state index in [1.54, 1.807) is 0 Å². The Morgan fingerprint density at radius 1 is 1.20 bits per heavy atom. The maximum Gasteiger partial charge on any atom is 0.315 e. The first-order valence-corrected chi connectivity index (χ1v) is 6.94. The summed E-state index contributed by atoms with van der Waals surface area (Å²) in [4.78, 5) is 22.8. The second-order valence-corrected chi connectivity index (χ2v) is 5.79. The van der Waals surface area contributed by atoms with Crippen LogP contribution in [0.15, 0.2) is 24.3 Å². The lowest BCUT2D eigenvalue weighted by molar-refractivity contribution is -0.143. The third-order valence-electron chi connectivity index (χ3n) is 4.28. The van der Waals surface area contributed by atoms with Crippen molar-refractivity contribution < 1.29 is 14.7 Å². The van der Waals surface area contributed by atoms with E-state index in [-0.39, 0.29) is 18.6 Å². The molecule has 3 rings (SSSR count). The van der Waals surface area contributed by atoms with Crippen LogP contribution in [0.4, 0.5) is 4.79 Å². The Labute approximate surface area is 117 Å². The van der Waals surface area contributed by atoms with Gasteiger partial charge in [0, 0.05) is 12.6 Å². The van der Waals surface area contributed by atoms with Crippen molar-refractivity contribution in [3.63, 3.8) is 0 Å². The second-order valence-electron chi connectivity index (χ2n) is 5.79. The largest absolute Gasteiger partial charge is 0.481 e. The number of hydrogen-bond acceptors (Lipinski definition) is 2. The summed E-state index contributed by atoms with van der Waals surface area (Å²) >= 11 is 0. The van der Waals surface area contributed by atoms with Crippen molar-refractivity contribution in [1.82, 2.24) is 10.6 Å². The third kappa shape index (κ3) is 2.48. The number of carbonyl (C=O) groups excluding carboxylic acids is 1. The van der Waals surface area contributed by atoms with Crippen LogP contribution < -0.4 is 10.6 Å². The molecule has 0 unspecified atom stereocenters. The topological polar surface area (TPSA) is 78.4 Å². The highest BCUT2D eigenvalue weighted by molar-refractivity contribution is 5.80. The summed E-state index contributed by atoms with van der Waals surface area (Å²) in [5.74, 6) is -0.814. The molecule has 0 aliphatic heterocycles. The lowest BCUT2D eigenvalue weighted by Crippen LogP contribution is -2.45. The standard InChI is InChI=1S/C15H18N2O3/c18-13(19)15(5-6-15)9-16-14(20)17-12-7-10-3-1-2-4-11(10)8-12/h1-4,12H,5-9H2,(H,18,19)(H2,16,17,20). The average Bonchev–Trinajstić information content (AvgIpc) is 3.11. The molecule has 1 fully saturated rings. The fourth-order valence-corrected chi connectivity index (χ4v) is 2.76. The first-order valence-electron chi connectivity index (χ1n) is 6.94. The Balaban J connectivity index is 1.48. The van der Waals surface area contributed by atoms with Gasteiger partial charge in [-0.15, -0.1) is 0 Å². The van der Waals surface area contributed by atoms with Crippen molar-refractivity contribution in [3.05, 3.63) is 35.4 Å². The number of urea groups is 1. The van der Waals surface area contributed by atoms with E-state index in [9.17, 15) is 9.59 Å². The van der Waals surface area contributed by atoms with Crippen molar-refractivity contribution in [2.24, 2.45) is 5.41 Å². The molecule has 5 nitrogen and oxygen atoms in total. The number of fused-ring (bicyclic) bond motifs is 1. The monoisotopic (exact) mass is 274 g/mol. The molecule has 0 radical (unpaired) electrons. The van der Waals surface area contributed by atoms with Crippen LogP contribution in [0.3, 0.4) is 0 Å². The predicted molar refractivity (Wildman–Crippen MR) is 73.5 cm³/mol. The molecule has 20 heavy (non-hydrogen) atoms. The quantitative estimate of drug-likeness (QED) is 0.774. The molecule has 106 valence electrons. The molecule has 0 saturated heterocycles. The van der Waals surface area contributed by atoms with Gasteiger partial charge in [0.1, 0.15) is 0 Å². The van der Waals surface area contributed by atoms with Gasteiger partial charge < -0.3 is 15.7 Å². The molecule has 5 heteroatoms. The van der Waals surface area contributed by atoms with E-state index in [1.807, 2.05) is 12.1 Å². The van der Waals surface area contributed by atoms with Gasteiger partial charge in [0.05, 0.1) is 5.41 Å². The minimum atomic E-state index is -0.814. The predicted octanol–water partition coefficient (Wildman–Crippen LogP) is 1.32. The molecule has 2 amide bonds. The molecule has 0 spiro atoms. The van der Waals surface area contributed by atoms with E-state index < -0.39 is 11.4 Å². The van der Waals surface area contributed by atoms with E-state index in [0.717, 1.165) is 12.8 Å². The third-order valence-corrected chi connectivity index (χ3v) is 4.28. The molecule has 0 heterocycles. The van der Waals surface area contributed by atoms with Gasteiger partial charge in [-0.3, -0.25) is 4.79 Å². The molecule has 2 aliphatic rings. The van der Waals surface area contributed by atoms with Crippen molar-refractivity contribution >= 4 is 12.0 Å². The normalized spacial score (nSPS) is 19.2. The number of rotatable bonds is 4. The van der Waals surface area contributed by atoms with Crippen molar-refractivity contribution in [2.75, 3.05) is 6.54 Å². The maximum absolute atomic E-state index is 11.8. The Morgan fingerprint density at radius 3 is 2.30 bits per heavy atom. The smallest absolute Gasteiger partial charge is 0.315 e. The number of nitrogens with one attached hydrogen (secondary N) is 2. The molecular weight excluding hydrogens is 256 g/mol. The number of amides is 2. The highest BCUT2D eigenvalue weighted by Gasteiger charge is 2.50. The van der Waals surface area contributed by atoms with E-state index in [1.165, 1.54) is 11.1 Å².